The van der Waals surface area contributed by atoms with Crippen LogP contribution in [0.15, 0.2) is 36.7 Å². The first-order chi connectivity index (χ1) is 13.2. The van der Waals surface area contributed by atoms with Crippen LogP contribution in [-0.2, 0) is 0 Å². The summed E-state index contributed by atoms with van der Waals surface area (Å²) in [7, 11) is 0. The van der Waals surface area contributed by atoms with Crippen molar-refractivity contribution in [3.05, 3.63) is 47.9 Å². The number of ether oxygens (including phenoxy) is 1. The van der Waals surface area contributed by atoms with E-state index in [1.54, 1.807) is 4.90 Å². The molecule has 0 spiro atoms. The minimum absolute atomic E-state index is 0.00755. The Hall–Kier alpha value is -3.14. The number of hydrogen-bond donors (Lipinski definition) is 0. The Morgan fingerprint density at radius 3 is 2.63 bits per heavy atom. The Labute approximate surface area is 159 Å². The van der Waals surface area contributed by atoms with E-state index in [1.165, 1.54) is 12.4 Å². The molecule has 1 saturated heterocycles. The molecule has 7 heteroatoms. The summed E-state index contributed by atoms with van der Waals surface area (Å²) in [5.74, 6) is 0.217. The molecular formula is C20H23N5O2. The van der Waals surface area contributed by atoms with Crippen LogP contribution in [0.5, 0.6) is 5.88 Å². The zero-order chi connectivity index (χ0) is 19.2. The lowest BCUT2D eigenvalue weighted by Crippen LogP contribution is -2.31. The van der Waals surface area contributed by atoms with Gasteiger partial charge in [-0.25, -0.2) is 9.97 Å². The summed E-state index contributed by atoms with van der Waals surface area (Å²) in [6, 6.07) is 9.70. The van der Waals surface area contributed by atoms with E-state index in [4.69, 9.17) is 10.00 Å². The normalized spacial score (nSPS) is 16.0. The van der Waals surface area contributed by atoms with Gasteiger partial charge in [-0.1, -0.05) is 0 Å². The maximum atomic E-state index is 12.8. The van der Waals surface area contributed by atoms with Gasteiger partial charge in [0.05, 0.1) is 6.54 Å². The highest BCUT2D eigenvalue weighted by Crippen LogP contribution is 2.21. The topological polar surface area (TPSA) is 82.3 Å². The molecule has 1 atom stereocenters. The predicted molar refractivity (Wildman–Crippen MR) is 102 cm³/mol. The SMILES string of the molecule is CCN(CC)c1ccc(C(=O)N2CCC(Oc3nccnc3C#N)C2)cc1. The van der Waals surface area contributed by atoms with Crippen LogP contribution >= 0.6 is 0 Å². The minimum Gasteiger partial charge on any atom is -0.470 e. The molecule has 0 N–H and O–H groups in total. The second-order valence-corrected chi connectivity index (χ2v) is 6.32. The number of carbonyl (C=O) groups is 1. The van der Waals surface area contributed by atoms with Crippen LogP contribution in [0.3, 0.4) is 0 Å². The van der Waals surface area contributed by atoms with Crippen LogP contribution in [0, 0.1) is 11.3 Å². The van der Waals surface area contributed by atoms with Gasteiger partial charge in [0.1, 0.15) is 12.2 Å². The standard InChI is InChI=1S/C20H23N5O2/c1-3-24(4-2)16-7-5-15(6-8-16)20(26)25-12-9-17(14-25)27-19-18(13-21)22-10-11-23-19/h5-8,10-11,17H,3-4,9,12,14H2,1-2H3. The van der Waals surface area contributed by atoms with Crippen LogP contribution < -0.4 is 9.64 Å². The lowest BCUT2D eigenvalue weighted by molar-refractivity contribution is 0.0771. The van der Waals surface area contributed by atoms with Crippen molar-refractivity contribution in [1.29, 1.82) is 5.26 Å². The van der Waals surface area contributed by atoms with Crippen LogP contribution in [0.1, 0.15) is 36.3 Å². The van der Waals surface area contributed by atoms with Gasteiger partial charge in [-0.2, -0.15) is 5.26 Å². The predicted octanol–water partition coefficient (Wildman–Crippen LogP) is 2.49. The summed E-state index contributed by atoms with van der Waals surface area (Å²) >= 11 is 0. The van der Waals surface area contributed by atoms with Crippen LogP contribution in [-0.4, -0.2) is 53.1 Å². The number of nitrogens with zero attached hydrogens (tertiary/aromatic N) is 5. The molecule has 27 heavy (non-hydrogen) atoms. The van der Waals surface area contributed by atoms with Crippen molar-refractivity contribution in [1.82, 2.24) is 14.9 Å². The first-order valence-corrected chi connectivity index (χ1v) is 9.18. The number of benzene rings is 1. The molecule has 1 fully saturated rings. The van der Waals surface area contributed by atoms with Gasteiger partial charge in [-0.15, -0.1) is 0 Å². The Bertz CT molecular complexity index is 827. The lowest BCUT2D eigenvalue weighted by Gasteiger charge is -2.22. The average Bonchev–Trinajstić information content (AvgIpc) is 3.18. The van der Waals surface area contributed by atoms with Gasteiger partial charge >= 0.3 is 0 Å². The first kappa shape index (κ1) is 18.6. The van der Waals surface area contributed by atoms with Crippen LogP contribution in [0.4, 0.5) is 5.69 Å². The highest BCUT2D eigenvalue weighted by atomic mass is 16.5. The van der Waals surface area contributed by atoms with Gasteiger partial charge < -0.3 is 14.5 Å². The Kier molecular flexibility index (Phi) is 5.87. The van der Waals surface area contributed by atoms with E-state index in [9.17, 15) is 4.79 Å². The molecule has 0 radical (unpaired) electrons. The second-order valence-electron chi connectivity index (χ2n) is 6.32. The maximum absolute atomic E-state index is 12.8. The third-order valence-electron chi connectivity index (χ3n) is 4.72. The van der Waals surface area contributed by atoms with Gasteiger partial charge in [-0.05, 0) is 38.1 Å². The zero-order valence-electron chi connectivity index (χ0n) is 15.6. The molecule has 0 saturated carbocycles. The number of amides is 1. The third-order valence-corrected chi connectivity index (χ3v) is 4.72. The molecule has 0 aliphatic carbocycles. The van der Waals surface area contributed by atoms with E-state index in [-0.39, 0.29) is 23.6 Å². The molecule has 2 heterocycles. The van der Waals surface area contributed by atoms with Gasteiger partial charge in [0.25, 0.3) is 11.8 Å². The molecule has 1 aromatic carbocycles. The Morgan fingerprint density at radius 1 is 1.26 bits per heavy atom. The zero-order valence-corrected chi connectivity index (χ0v) is 15.6. The van der Waals surface area contributed by atoms with Crippen molar-refractivity contribution < 1.29 is 9.53 Å². The molecular weight excluding hydrogens is 342 g/mol. The minimum atomic E-state index is -0.187. The van der Waals surface area contributed by atoms with E-state index >= 15 is 0 Å². The van der Waals surface area contributed by atoms with Gasteiger partial charge in [0.2, 0.25) is 5.69 Å². The molecule has 2 aromatic rings. The fraction of sp³-hybridized carbons (Fsp3) is 0.400. The lowest BCUT2D eigenvalue weighted by atomic mass is 10.1. The quantitative estimate of drug-likeness (QED) is 0.782. The van der Waals surface area contributed by atoms with Gasteiger partial charge in [0.15, 0.2) is 0 Å². The number of nitriles is 1. The largest absolute Gasteiger partial charge is 0.470 e. The first-order valence-electron chi connectivity index (χ1n) is 9.18. The second kappa shape index (κ2) is 8.49. The molecule has 140 valence electrons. The fourth-order valence-electron chi connectivity index (χ4n) is 3.24. The van der Waals surface area contributed by atoms with Crippen LogP contribution in [0.25, 0.3) is 0 Å². The van der Waals surface area contributed by atoms with Crippen molar-refractivity contribution in [2.75, 3.05) is 31.1 Å². The molecule has 3 rings (SSSR count). The molecule has 0 bridgehead atoms. The third kappa shape index (κ3) is 4.17. The number of carbonyl (C=O) groups excluding carboxylic acids is 1. The summed E-state index contributed by atoms with van der Waals surface area (Å²) in [6.45, 7) is 7.18. The molecule has 7 nitrogen and oxygen atoms in total. The van der Waals surface area contributed by atoms with Crippen molar-refractivity contribution in [3.8, 4) is 11.9 Å². The summed E-state index contributed by atoms with van der Waals surface area (Å²) in [5.41, 5.74) is 1.95. The van der Waals surface area contributed by atoms with E-state index in [0.717, 1.165) is 18.8 Å². The molecule has 1 aliphatic heterocycles. The number of anilines is 1. The summed E-state index contributed by atoms with van der Waals surface area (Å²) < 4.78 is 5.80. The van der Waals surface area contributed by atoms with E-state index in [0.29, 0.717) is 25.1 Å². The fourth-order valence-corrected chi connectivity index (χ4v) is 3.24. The van der Waals surface area contributed by atoms with E-state index < -0.39 is 0 Å². The van der Waals surface area contributed by atoms with E-state index in [2.05, 4.69) is 28.7 Å². The number of rotatable bonds is 6. The van der Waals surface area contributed by atoms with Crippen molar-refractivity contribution in [3.63, 3.8) is 0 Å². The Morgan fingerprint density at radius 2 is 1.96 bits per heavy atom. The highest BCUT2D eigenvalue weighted by molar-refractivity contribution is 5.94. The summed E-state index contributed by atoms with van der Waals surface area (Å²) in [6.07, 6.45) is 3.46. The summed E-state index contributed by atoms with van der Waals surface area (Å²) in [5, 5.41) is 9.08. The van der Waals surface area contributed by atoms with Crippen molar-refractivity contribution in [2.45, 2.75) is 26.4 Å². The van der Waals surface area contributed by atoms with Crippen molar-refractivity contribution in [2.24, 2.45) is 0 Å². The average molecular weight is 365 g/mol. The number of hydrogen-bond acceptors (Lipinski definition) is 6. The highest BCUT2D eigenvalue weighted by Gasteiger charge is 2.29. The van der Waals surface area contributed by atoms with Gasteiger partial charge in [-0.3, -0.25) is 4.79 Å². The van der Waals surface area contributed by atoms with E-state index in [1.807, 2.05) is 30.3 Å². The molecule has 1 amide bonds. The Balaban J connectivity index is 1.63. The van der Waals surface area contributed by atoms with Crippen LogP contribution in [0.2, 0.25) is 0 Å². The number of likely N-dealkylation sites (tertiary alicyclic amines) is 1. The molecule has 1 aromatic heterocycles. The van der Waals surface area contributed by atoms with Gasteiger partial charge in [0, 0.05) is 49.7 Å². The monoisotopic (exact) mass is 365 g/mol. The number of aromatic nitrogens is 2. The maximum Gasteiger partial charge on any atom is 0.253 e. The smallest absolute Gasteiger partial charge is 0.253 e. The van der Waals surface area contributed by atoms with Crippen molar-refractivity contribution >= 4 is 11.6 Å². The molecule has 1 aliphatic rings. The molecule has 1 unspecified atom stereocenters. The summed E-state index contributed by atoms with van der Waals surface area (Å²) in [4.78, 5) is 24.8.